The summed E-state index contributed by atoms with van der Waals surface area (Å²) in [6, 6.07) is 12.5. The zero-order valence-electron chi connectivity index (χ0n) is 17.5. The van der Waals surface area contributed by atoms with Crippen LogP contribution in [0.3, 0.4) is 0 Å². The molecule has 1 saturated heterocycles. The molecule has 0 spiro atoms. The second-order valence-corrected chi connectivity index (χ2v) is 7.85. The molecule has 2 aliphatic rings. The number of ether oxygens (including phenoxy) is 2. The third-order valence-electron chi connectivity index (χ3n) is 5.63. The van der Waals surface area contributed by atoms with E-state index in [1.54, 1.807) is 24.3 Å². The van der Waals surface area contributed by atoms with Gasteiger partial charge in [0, 0.05) is 42.7 Å². The Bertz CT molecular complexity index is 1170. The van der Waals surface area contributed by atoms with Gasteiger partial charge in [-0.05, 0) is 49.2 Å². The quantitative estimate of drug-likeness (QED) is 0.670. The predicted octanol–water partition coefficient (Wildman–Crippen LogP) is 3.44. The van der Waals surface area contributed by atoms with Gasteiger partial charge in [-0.15, -0.1) is 0 Å². The van der Waals surface area contributed by atoms with Crippen molar-refractivity contribution < 1.29 is 23.6 Å². The Morgan fingerprint density at radius 3 is 2.69 bits per heavy atom. The molecule has 0 atom stereocenters. The third kappa shape index (κ3) is 4.01. The molecule has 0 bridgehead atoms. The van der Waals surface area contributed by atoms with Crippen molar-refractivity contribution >= 4 is 17.5 Å². The topological polar surface area (TPSA) is 107 Å². The first-order valence-electron chi connectivity index (χ1n) is 10.5. The second-order valence-electron chi connectivity index (χ2n) is 7.85. The highest BCUT2D eigenvalue weighted by Crippen LogP contribution is 2.36. The molecule has 3 heterocycles. The normalized spacial score (nSPS) is 15.6. The molecule has 0 saturated carbocycles. The van der Waals surface area contributed by atoms with Crippen molar-refractivity contribution in [3.05, 3.63) is 53.9 Å². The fourth-order valence-electron chi connectivity index (χ4n) is 4.00. The van der Waals surface area contributed by atoms with Crippen molar-refractivity contribution in [1.82, 2.24) is 15.0 Å². The summed E-state index contributed by atoms with van der Waals surface area (Å²) >= 11 is 0. The number of fused-ring (bicyclic) bond motifs is 1. The standard InChI is InChI=1S/C23H22N4O5/c1-14(28)24-18-4-2-3-17(11-18)23(29)27-9-7-15(8-10-27)22-25-21(26-32-22)16-5-6-19-20(12-16)31-13-30-19/h2-6,11-12,15H,7-10,13H2,1H3,(H,24,28). The average Bonchev–Trinajstić information content (AvgIpc) is 3.48. The Labute approximate surface area is 184 Å². The van der Waals surface area contributed by atoms with E-state index in [0.29, 0.717) is 47.6 Å². The Balaban J connectivity index is 1.23. The number of hydrogen-bond donors (Lipinski definition) is 1. The molecule has 9 heteroatoms. The minimum absolute atomic E-state index is 0.0535. The number of nitrogens with one attached hydrogen (secondary N) is 1. The molecular weight excluding hydrogens is 412 g/mol. The highest BCUT2D eigenvalue weighted by molar-refractivity contribution is 5.96. The Hall–Kier alpha value is -3.88. The van der Waals surface area contributed by atoms with Gasteiger partial charge in [0.1, 0.15) is 0 Å². The molecule has 0 aliphatic carbocycles. The maximum absolute atomic E-state index is 12.9. The van der Waals surface area contributed by atoms with Crippen molar-refractivity contribution in [1.29, 1.82) is 0 Å². The maximum Gasteiger partial charge on any atom is 0.253 e. The summed E-state index contributed by atoms with van der Waals surface area (Å²) in [5.74, 6) is 2.33. The van der Waals surface area contributed by atoms with Crippen molar-refractivity contribution in [3.8, 4) is 22.9 Å². The molecule has 32 heavy (non-hydrogen) atoms. The Kier molecular flexibility index (Phi) is 5.22. The maximum atomic E-state index is 12.9. The highest BCUT2D eigenvalue weighted by atomic mass is 16.7. The summed E-state index contributed by atoms with van der Waals surface area (Å²) in [6.07, 6.45) is 1.47. The molecule has 2 aromatic carbocycles. The summed E-state index contributed by atoms with van der Waals surface area (Å²) in [5.41, 5.74) is 1.97. The van der Waals surface area contributed by atoms with Crippen LogP contribution < -0.4 is 14.8 Å². The molecule has 9 nitrogen and oxygen atoms in total. The summed E-state index contributed by atoms with van der Waals surface area (Å²) < 4.78 is 16.3. The second kappa shape index (κ2) is 8.33. The largest absolute Gasteiger partial charge is 0.454 e. The first-order chi connectivity index (χ1) is 15.6. The van der Waals surface area contributed by atoms with E-state index < -0.39 is 0 Å². The summed E-state index contributed by atoms with van der Waals surface area (Å²) in [5, 5.41) is 6.83. The zero-order valence-corrected chi connectivity index (χ0v) is 17.5. The van der Waals surface area contributed by atoms with E-state index in [4.69, 9.17) is 14.0 Å². The van der Waals surface area contributed by atoms with Crippen LogP contribution in [0.1, 0.15) is 41.9 Å². The van der Waals surface area contributed by atoms with Gasteiger partial charge >= 0.3 is 0 Å². The number of piperidine rings is 1. The van der Waals surface area contributed by atoms with Crippen molar-refractivity contribution in [2.45, 2.75) is 25.7 Å². The minimum atomic E-state index is -0.171. The fraction of sp³-hybridized carbons (Fsp3) is 0.304. The SMILES string of the molecule is CC(=O)Nc1cccc(C(=O)N2CCC(c3nc(-c4ccc5c(c4)OCO5)no3)CC2)c1. The van der Waals surface area contributed by atoms with Crippen LogP contribution >= 0.6 is 0 Å². The summed E-state index contributed by atoms with van der Waals surface area (Å²) in [6.45, 7) is 2.84. The van der Waals surface area contributed by atoms with E-state index >= 15 is 0 Å². The number of aromatic nitrogens is 2. The molecule has 2 aliphatic heterocycles. The first-order valence-corrected chi connectivity index (χ1v) is 10.5. The number of nitrogens with zero attached hydrogens (tertiary/aromatic N) is 3. The number of amides is 2. The number of anilines is 1. The lowest BCUT2D eigenvalue weighted by Crippen LogP contribution is -2.38. The Morgan fingerprint density at radius 1 is 1.06 bits per heavy atom. The molecule has 0 radical (unpaired) electrons. The lowest BCUT2D eigenvalue weighted by Gasteiger charge is -2.30. The predicted molar refractivity (Wildman–Crippen MR) is 114 cm³/mol. The molecule has 5 rings (SSSR count). The van der Waals surface area contributed by atoms with E-state index in [9.17, 15) is 9.59 Å². The smallest absolute Gasteiger partial charge is 0.253 e. The van der Waals surface area contributed by atoms with Crippen molar-refractivity contribution in [2.75, 3.05) is 25.2 Å². The van der Waals surface area contributed by atoms with Crippen LogP contribution in [-0.4, -0.2) is 46.7 Å². The van der Waals surface area contributed by atoms with Crippen LogP contribution in [0.5, 0.6) is 11.5 Å². The van der Waals surface area contributed by atoms with E-state index in [2.05, 4.69) is 15.5 Å². The van der Waals surface area contributed by atoms with Crippen molar-refractivity contribution in [2.24, 2.45) is 0 Å². The van der Waals surface area contributed by atoms with Gasteiger partial charge in [-0.1, -0.05) is 11.2 Å². The number of carbonyl (C=O) groups is 2. The van der Waals surface area contributed by atoms with Crippen LogP contribution in [0.15, 0.2) is 47.0 Å². The zero-order chi connectivity index (χ0) is 22.1. The lowest BCUT2D eigenvalue weighted by molar-refractivity contribution is -0.114. The van der Waals surface area contributed by atoms with Gasteiger partial charge in [-0.3, -0.25) is 9.59 Å². The fourth-order valence-corrected chi connectivity index (χ4v) is 4.00. The van der Waals surface area contributed by atoms with Crippen LogP contribution in [-0.2, 0) is 4.79 Å². The van der Waals surface area contributed by atoms with Crippen LogP contribution in [0, 0.1) is 0 Å². The average molecular weight is 434 g/mol. The first kappa shape index (κ1) is 20.0. The minimum Gasteiger partial charge on any atom is -0.454 e. The van der Waals surface area contributed by atoms with E-state index in [1.807, 2.05) is 23.1 Å². The van der Waals surface area contributed by atoms with Gasteiger partial charge in [0.15, 0.2) is 11.5 Å². The van der Waals surface area contributed by atoms with Gasteiger partial charge in [0.05, 0.1) is 0 Å². The van der Waals surface area contributed by atoms with Gasteiger partial charge in [0.2, 0.25) is 24.4 Å². The number of carbonyl (C=O) groups excluding carboxylic acids is 2. The van der Waals surface area contributed by atoms with Crippen molar-refractivity contribution in [3.63, 3.8) is 0 Å². The monoisotopic (exact) mass is 434 g/mol. The highest BCUT2D eigenvalue weighted by Gasteiger charge is 2.28. The van der Waals surface area contributed by atoms with E-state index in [1.165, 1.54) is 6.92 Å². The van der Waals surface area contributed by atoms with Crippen LogP contribution in [0.25, 0.3) is 11.4 Å². The molecule has 1 aromatic heterocycles. The van der Waals surface area contributed by atoms with Gasteiger partial charge < -0.3 is 24.2 Å². The molecule has 164 valence electrons. The number of benzene rings is 2. The van der Waals surface area contributed by atoms with E-state index in [-0.39, 0.29) is 24.5 Å². The van der Waals surface area contributed by atoms with Gasteiger partial charge in [-0.2, -0.15) is 4.98 Å². The molecule has 1 N–H and O–H groups in total. The lowest BCUT2D eigenvalue weighted by atomic mass is 9.96. The molecule has 3 aromatic rings. The van der Waals surface area contributed by atoms with Crippen LogP contribution in [0.2, 0.25) is 0 Å². The molecule has 0 unspecified atom stereocenters. The van der Waals surface area contributed by atoms with Gasteiger partial charge in [-0.25, -0.2) is 0 Å². The Morgan fingerprint density at radius 2 is 1.88 bits per heavy atom. The molecule has 2 amide bonds. The third-order valence-corrected chi connectivity index (χ3v) is 5.63. The summed E-state index contributed by atoms with van der Waals surface area (Å²) in [4.78, 5) is 30.6. The van der Waals surface area contributed by atoms with E-state index in [0.717, 1.165) is 18.4 Å². The summed E-state index contributed by atoms with van der Waals surface area (Å²) in [7, 11) is 0. The number of likely N-dealkylation sites (tertiary alicyclic amines) is 1. The van der Waals surface area contributed by atoms with Gasteiger partial charge in [0.25, 0.3) is 5.91 Å². The number of hydrogen-bond acceptors (Lipinski definition) is 7. The van der Waals surface area contributed by atoms with Crippen LogP contribution in [0.4, 0.5) is 5.69 Å². The molecule has 1 fully saturated rings. The molecular formula is C23H22N4O5. The number of rotatable bonds is 4.